The highest BCUT2D eigenvalue weighted by molar-refractivity contribution is 5.69. The van der Waals surface area contributed by atoms with Crippen LogP contribution in [0.2, 0.25) is 0 Å². The summed E-state index contributed by atoms with van der Waals surface area (Å²) in [4.78, 5) is 11.1. The maximum atomic E-state index is 11.1. The average Bonchev–Trinajstić information content (AvgIpc) is 2.17. The molecule has 0 fully saturated rings. The molecule has 3 nitrogen and oxygen atoms in total. The summed E-state index contributed by atoms with van der Waals surface area (Å²) in [6, 6.07) is 0. The van der Waals surface area contributed by atoms with Crippen LogP contribution in [-0.2, 0) is 14.3 Å². The molecule has 0 radical (unpaired) electrons. The highest BCUT2D eigenvalue weighted by atomic mass is 16.5. The first-order valence-electron chi connectivity index (χ1n) is 5.90. The van der Waals surface area contributed by atoms with Crippen molar-refractivity contribution in [2.24, 2.45) is 5.92 Å². The molecule has 0 aromatic heterocycles. The van der Waals surface area contributed by atoms with E-state index < -0.39 is 0 Å². The Hall–Kier alpha value is -0.570. The fourth-order valence-electron chi connectivity index (χ4n) is 1.21. The molecule has 15 heavy (non-hydrogen) atoms. The van der Waals surface area contributed by atoms with Crippen LogP contribution in [0.5, 0.6) is 0 Å². The van der Waals surface area contributed by atoms with Gasteiger partial charge in [-0.25, -0.2) is 0 Å². The number of esters is 1. The Balaban J connectivity index is 3.17. The second-order valence-electron chi connectivity index (χ2n) is 4.06. The Labute approximate surface area is 93.1 Å². The van der Waals surface area contributed by atoms with Crippen LogP contribution in [-0.4, -0.2) is 25.8 Å². The molecule has 0 unspecified atom stereocenters. The minimum atomic E-state index is -0.145. The van der Waals surface area contributed by atoms with E-state index in [1.165, 1.54) is 6.42 Å². The molecule has 0 aliphatic carbocycles. The molecule has 0 saturated carbocycles. The molecular formula is C12H24O3. The number of hydrogen-bond acceptors (Lipinski definition) is 3. The predicted molar refractivity (Wildman–Crippen MR) is 60.8 cm³/mol. The van der Waals surface area contributed by atoms with Gasteiger partial charge in [0.05, 0.1) is 19.6 Å². The van der Waals surface area contributed by atoms with Crippen LogP contribution in [0.4, 0.5) is 0 Å². The minimum Gasteiger partial charge on any atom is -0.466 e. The van der Waals surface area contributed by atoms with Gasteiger partial charge in [0, 0.05) is 6.61 Å². The number of unbranched alkanes of at least 4 members (excludes halogenated alkanes) is 1. The summed E-state index contributed by atoms with van der Waals surface area (Å²) in [5.74, 6) is 0.589. The van der Waals surface area contributed by atoms with Gasteiger partial charge < -0.3 is 9.47 Å². The van der Waals surface area contributed by atoms with E-state index in [1.807, 2.05) is 6.92 Å². The molecule has 0 saturated heterocycles. The first-order valence-corrected chi connectivity index (χ1v) is 5.90. The van der Waals surface area contributed by atoms with Crippen molar-refractivity contribution in [1.82, 2.24) is 0 Å². The quantitative estimate of drug-likeness (QED) is 0.439. The van der Waals surface area contributed by atoms with Gasteiger partial charge in [-0.2, -0.15) is 0 Å². The van der Waals surface area contributed by atoms with Crippen molar-refractivity contribution < 1.29 is 14.3 Å². The van der Waals surface area contributed by atoms with Gasteiger partial charge in [-0.3, -0.25) is 4.79 Å². The smallest absolute Gasteiger partial charge is 0.308 e. The van der Waals surface area contributed by atoms with Crippen molar-refractivity contribution in [2.45, 2.75) is 46.5 Å². The molecule has 0 aromatic rings. The molecule has 0 bridgehead atoms. The zero-order valence-corrected chi connectivity index (χ0v) is 10.3. The third kappa shape index (κ3) is 11.4. The highest BCUT2D eigenvalue weighted by Gasteiger charge is 2.02. The minimum absolute atomic E-state index is 0.145. The lowest BCUT2D eigenvalue weighted by Crippen LogP contribution is -2.09. The summed E-state index contributed by atoms with van der Waals surface area (Å²) in [6.45, 7) is 8.00. The zero-order chi connectivity index (χ0) is 11.5. The first kappa shape index (κ1) is 14.4. The van der Waals surface area contributed by atoms with Crippen LogP contribution < -0.4 is 0 Å². The van der Waals surface area contributed by atoms with E-state index in [0.717, 1.165) is 18.8 Å². The van der Waals surface area contributed by atoms with Gasteiger partial charge in [0.15, 0.2) is 0 Å². The number of carbonyl (C=O) groups excluding carboxylic acids is 1. The maximum Gasteiger partial charge on any atom is 0.308 e. The Bertz CT molecular complexity index is 155. The molecular weight excluding hydrogens is 192 g/mol. The third-order valence-electron chi connectivity index (χ3n) is 2.09. The molecule has 0 amide bonds. The summed E-state index contributed by atoms with van der Waals surface area (Å²) < 4.78 is 10.1. The lowest BCUT2D eigenvalue weighted by molar-refractivity contribution is -0.144. The maximum absolute atomic E-state index is 11.1. The van der Waals surface area contributed by atoms with E-state index in [2.05, 4.69) is 13.8 Å². The molecule has 0 atom stereocenters. The lowest BCUT2D eigenvalue weighted by atomic mass is 10.1. The predicted octanol–water partition coefficient (Wildman–Crippen LogP) is 2.78. The van der Waals surface area contributed by atoms with Gasteiger partial charge in [-0.05, 0) is 25.7 Å². The van der Waals surface area contributed by atoms with Crippen molar-refractivity contribution in [3.8, 4) is 0 Å². The highest BCUT2D eigenvalue weighted by Crippen LogP contribution is 2.06. The van der Waals surface area contributed by atoms with E-state index in [-0.39, 0.29) is 5.97 Å². The van der Waals surface area contributed by atoms with Crippen molar-refractivity contribution in [2.75, 3.05) is 19.8 Å². The van der Waals surface area contributed by atoms with Crippen LogP contribution in [0, 0.1) is 5.92 Å². The Morgan fingerprint density at radius 1 is 1.20 bits per heavy atom. The van der Waals surface area contributed by atoms with E-state index >= 15 is 0 Å². The monoisotopic (exact) mass is 216 g/mol. The van der Waals surface area contributed by atoms with E-state index in [4.69, 9.17) is 9.47 Å². The second-order valence-corrected chi connectivity index (χ2v) is 4.06. The van der Waals surface area contributed by atoms with Crippen LogP contribution in [0.1, 0.15) is 46.5 Å². The van der Waals surface area contributed by atoms with Crippen molar-refractivity contribution in [1.29, 1.82) is 0 Å². The Morgan fingerprint density at radius 2 is 1.93 bits per heavy atom. The van der Waals surface area contributed by atoms with Crippen LogP contribution in [0.25, 0.3) is 0 Å². The number of ether oxygens (including phenoxy) is 2. The topological polar surface area (TPSA) is 35.5 Å². The molecule has 0 aliphatic rings. The first-order chi connectivity index (χ1) is 7.16. The Morgan fingerprint density at radius 3 is 2.53 bits per heavy atom. The fourth-order valence-corrected chi connectivity index (χ4v) is 1.21. The van der Waals surface area contributed by atoms with E-state index in [1.54, 1.807) is 0 Å². The summed E-state index contributed by atoms with van der Waals surface area (Å²) >= 11 is 0. The molecule has 0 rings (SSSR count). The molecule has 0 aromatic carbocycles. The van der Waals surface area contributed by atoms with Gasteiger partial charge >= 0.3 is 5.97 Å². The van der Waals surface area contributed by atoms with Crippen LogP contribution in [0.3, 0.4) is 0 Å². The average molecular weight is 216 g/mol. The lowest BCUT2D eigenvalue weighted by Gasteiger charge is -2.06. The third-order valence-corrected chi connectivity index (χ3v) is 2.09. The van der Waals surface area contributed by atoms with Crippen molar-refractivity contribution >= 4 is 5.97 Å². The zero-order valence-electron chi connectivity index (χ0n) is 10.3. The van der Waals surface area contributed by atoms with Gasteiger partial charge in [0.1, 0.15) is 0 Å². The van der Waals surface area contributed by atoms with Crippen LogP contribution in [0.15, 0.2) is 0 Å². The molecule has 0 aliphatic heterocycles. The van der Waals surface area contributed by atoms with Gasteiger partial charge in [-0.15, -0.1) is 0 Å². The summed E-state index contributed by atoms with van der Waals surface area (Å²) in [6.07, 6.45) is 3.68. The van der Waals surface area contributed by atoms with Gasteiger partial charge in [0.2, 0.25) is 0 Å². The molecule has 0 spiro atoms. The molecule has 3 heteroatoms. The summed E-state index contributed by atoms with van der Waals surface area (Å²) in [5.41, 5.74) is 0. The normalized spacial score (nSPS) is 10.7. The van der Waals surface area contributed by atoms with Gasteiger partial charge in [0.25, 0.3) is 0 Å². The largest absolute Gasteiger partial charge is 0.466 e. The molecule has 90 valence electrons. The number of rotatable bonds is 9. The fraction of sp³-hybridized carbons (Fsp3) is 0.917. The Kier molecular flexibility index (Phi) is 9.59. The SMILES string of the molecule is CCOCCC(=O)OCCCCC(C)C. The standard InChI is InChI=1S/C12H24O3/c1-4-14-10-8-12(13)15-9-6-5-7-11(2)3/h11H,4-10H2,1-3H3. The van der Waals surface area contributed by atoms with Crippen LogP contribution >= 0.6 is 0 Å². The van der Waals surface area contributed by atoms with E-state index in [9.17, 15) is 4.79 Å². The molecule has 0 N–H and O–H groups in total. The second kappa shape index (κ2) is 9.97. The molecule has 0 heterocycles. The van der Waals surface area contributed by atoms with Gasteiger partial charge in [-0.1, -0.05) is 20.3 Å². The number of hydrogen-bond donors (Lipinski definition) is 0. The van der Waals surface area contributed by atoms with Crippen molar-refractivity contribution in [3.05, 3.63) is 0 Å². The summed E-state index contributed by atoms with van der Waals surface area (Å²) in [7, 11) is 0. The summed E-state index contributed by atoms with van der Waals surface area (Å²) in [5, 5.41) is 0. The van der Waals surface area contributed by atoms with E-state index in [0.29, 0.717) is 26.2 Å². The number of carbonyl (C=O) groups is 1. The van der Waals surface area contributed by atoms with Crippen molar-refractivity contribution in [3.63, 3.8) is 0 Å².